The minimum Gasteiger partial charge on any atom is -0.378 e. The molecule has 0 radical (unpaired) electrons. The summed E-state index contributed by atoms with van der Waals surface area (Å²) in [6, 6.07) is 12.1. The average molecular weight is 327 g/mol. The fourth-order valence-electron chi connectivity index (χ4n) is 2.53. The van der Waals surface area contributed by atoms with Crippen LogP contribution >= 0.6 is 11.3 Å². The Bertz CT molecular complexity index is 786. The normalized spacial score (nSPS) is 15.6. The number of nitrogens with zero attached hydrogens (tertiary/aromatic N) is 3. The van der Waals surface area contributed by atoms with E-state index in [0.717, 1.165) is 42.2 Å². The van der Waals surface area contributed by atoms with Crippen molar-refractivity contribution in [2.24, 2.45) is 5.10 Å². The molecule has 4 rings (SSSR count). The molecule has 0 bridgehead atoms. The van der Waals surface area contributed by atoms with Gasteiger partial charge in [0.1, 0.15) is 0 Å². The average Bonchev–Trinajstić information content (AvgIpc) is 3.22. The number of anilines is 2. The summed E-state index contributed by atoms with van der Waals surface area (Å²) in [7, 11) is 0. The van der Waals surface area contributed by atoms with Crippen molar-refractivity contribution in [3.05, 3.63) is 41.3 Å². The van der Waals surface area contributed by atoms with E-state index in [2.05, 4.69) is 37.5 Å². The Hall–Kier alpha value is -2.38. The van der Waals surface area contributed by atoms with Crippen LogP contribution in [0.5, 0.6) is 0 Å². The van der Waals surface area contributed by atoms with Crippen LogP contribution in [0.4, 0.5) is 10.9 Å². The molecule has 23 heavy (non-hydrogen) atoms. The third-order valence-electron chi connectivity index (χ3n) is 3.69. The number of imidazole rings is 1. The number of thiophene rings is 1. The second-order valence-corrected chi connectivity index (χ2v) is 6.34. The summed E-state index contributed by atoms with van der Waals surface area (Å²) in [6.45, 7) is 3.51. The van der Waals surface area contributed by atoms with Gasteiger partial charge in [0.15, 0.2) is 0 Å². The van der Waals surface area contributed by atoms with Gasteiger partial charge in [-0.3, -0.25) is 0 Å². The number of benzene rings is 1. The van der Waals surface area contributed by atoms with Gasteiger partial charge in [0.2, 0.25) is 5.95 Å². The Morgan fingerprint density at radius 2 is 2.09 bits per heavy atom. The van der Waals surface area contributed by atoms with Crippen molar-refractivity contribution in [2.45, 2.75) is 0 Å². The van der Waals surface area contributed by atoms with Gasteiger partial charge in [-0.25, -0.2) is 10.4 Å². The third kappa shape index (κ3) is 3.20. The molecule has 7 heteroatoms. The molecule has 3 heterocycles. The zero-order valence-corrected chi connectivity index (χ0v) is 13.3. The van der Waals surface area contributed by atoms with E-state index in [9.17, 15) is 0 Å². The molecule has 0 unspecified atom stereocenters. The highest BCUT2D eigenvalue weighted by Gasteiger charge is 2.12. The van der Waals surface area contributed by atoms with E-state index in [0.29, 0.717) is 5.95 Å². The predicted molar refractivity (Wildman–Crippen MR) is 94.7 cm³/mol. The summed E-state index contributed by atoms with van der Waals surface area (Å²) in [5, 5.41) is 5.53. The van der Waals surface area contributed by atoms with E-state index < -0.39 is 0 Å². The Morgan fingerprint density at radius 1 is 1.22 bits per heavy atom. The molecule has 0 spiro atoms. The summed E-state index contributed by atoms with van der Waals surface area (Å²) >= 11 is 1.73. The Kier molecular flexibility index (Phi) is 3.95. The number of rotatable bonds is 4. The van der Waals surface area contributed by atoms with Crippen LogP contribution in [0.2, 0.25) is 0 Å². The first-order chi connectivity index (χ1) is 11.4. The summed E-state index contributed by atoms with van der Waals surface area (Å²) < 4.78 is 5.38. The molecule has 2 aromatic heterocycles. The number of fused-ring (bicyclic) bond motifs is 1. The second kappa shape index (κ2) is 6.39. The van der Waals surface area contributed by atoms with Gasteiger partial charge in [0.25, 0.3) is 0 Å². The largest absolute Gasteiger partial charge is 0.378 e. The number of ether oxygens (including phenoxy) is 1. The van der Waals surface area contributed by atoms with Gasteiger partial charge in [-0.05, 0) is 24.3 Å². The molecule has 1 aliphatic rings. The molecular weight excluding hydrogens is 310 g/mol. The lowest BCUT2D eigenvalue weighted by atomic mass is 10.3. The first kappa shape index (κ1) is 14.2. The molecule has 0 amide bonds. The van der Waals surface area contributed by atoms with Gasteiger partial charge >= 0.3 is 0 Å². The number of morpholine rings is 1. The number of hydrazone groups is 1. The quantitative estimate of drug-likeness (QED) is 0.571. The molecule has 0 saturated carbocycles. The number of para-hydroxylation sites is 2. The Balaban J connectivity index is 1.41. The molecule has 1 fully saturated rings. The molecule has 1 aliphatic heterocycles. The predicted octanol–water partition coefficient (Wildman–Crippen LogP) is 2.91. The van der Waals surface area contributed by atoms with Crippen molar-refractivity contribution < 1.29 is 4.74 Å². The highest BCUT2D eigenvalue weighted by Crippen LogP contribution is 2.25. The van der Waals surface area contributed by atoms with Gasteiger partial charge in [-0.2, -0.15) is 5.10 Å². The monoisotopic (exact) mass is 327 g/mol. The van der Waals surface area contributed by atoms with E-state index in [4.69, 9.17) is 4.74 Å². The van der Waals surface area contributed by atoms with Crippen LogP contribution < -0.4 is 10.3 Å². The van der Waals surface area contributed by atoms with E-state index in [-0.39, 0.29) is 0 Å². The molecular formula is C16H17N5OS. The van der Waals surface area contributed by atoms with E-state index in [1.807, 2.05) is 30.5 Å². The summed E-state index contributed by atoms with van der Waals surface area (Å²) in [5.74, 6) is 0.646. The SMILES string of the molecule is C(=N\Nc1nc2ccccc2[nH]1)/c1ccc(N2CCOCC2)s1. The summed E-state index contributed by atoms with van der Waals surface area (Å²) in [4.78, 5) is 11.1. The second-order valence-electron chi connectivity index (χ2n) is 5.25. The molecule has 2 N–H and O–H groups in total. The van der Waals surface area contributed by atoms with Crippen LogP contribution in [0, 0.1) is 0 Å². The van der Waals surface area contributed by atoms with E-state index in [1.165, 1.54) is 5.00 Å². The third-order valence-corrected chi connectivity index (χ3v) is 4.77. The first-order valence-electron chi connectivity index (χ1n) is 7.55. The summed E-state index contributed by atoms with van der Waals surface area (Å²) in [5.41, 5.74) is 4.87. The number of aromatic amines is 1. The van der Waals surface area contributed by atoms with Crippen LogP contribution in [0.3, 0.4) is 0 Å². The van der Waals surface area contributed by atoms with Crippen molar-refractivity contribution in [1.82, 2.24) is 9.97 Å². The fourth-order valence-corrected chi connectivity index (χ4v) is 3.46. The van der Waals surface area contributed by atoms with Gasteiger partial charge in [0, 0.05) is 18.0 Å². The minimum absolute atomic E-state index is 0.646. The zero-order chi connectivity index (χ0) is 15.5. The lowest BCUT2D eigenvalue weighted by Crippen LogP contribution is -2.35. The van der Waals surface area contributed by atoms with Gasteiger partial charge < -0.3 is 14.6 Å². The van der Waals surface area contributed by atoms with Crippen LogP contribution in [0.15, 0.2) is 41.5 Å². The van der Waals surface area contributed by atoms with E-state index in [1.54, 1.807) is 11.3 Å². The van der Waals surface area contributed by atoms with Crippen molar-refractivity contribution in [1.29, 1.82) is 0 Å². The zero-order valence-electron chi connectivity index (χ0n) is 12.5. The first-order valence-corrected chi connectivity index (χ1v) is 8.36. The summed E-state index contributed by atoms with van der Waals surface area (Å²) in [6.07, 6.45) is 1.82. The molecule has 3 aromatic rings. The number of hydrogen-bond acceptors (Lipinski definition) is 6. The molecule has 0 aliphatic carbocycles. The Labute approximate surface area is 137 Å². The maximum atomic E-state index is 5.38. The van der Waals surface area contributed by atoms with Gasteiger partial charge in [0.05, 0.1) is 35.5 Å². The van der Waals surface area contributed by atoms with Crippen molar-refractivity contribution in [3.8, 4) is 0 Å². The maximum Gasteiger partial charge on any atom is 0.222 e. The topological polar surface area (TPSA) is 65.5 Å². The van der Waals surface area contributed by atoms with Crippen molar-refractivity contribution in [2.75, 3.05) is 36.6 Å². The lowest BCUT2D eigenvalue weighted by molar-refractivity contribution is 0.123. The molecule has 118 valence electrons. The number of aromatic nitrogens is 2. The van der Waals surface area contributed by atoms with Crippen LogP contribution in [0.1, 0.15) is 4.88 Å². The molecule has 1 saturated heterocycles. The fraction of sp³-hybridized carbons (Fsp3) is 0.250. The maximum absolute atomic E-state index is 5.38. The lowest BCUT2D eigenvalue weighted by Gasteiger charge is -2.27. The highest BCUT2D eigenvalue weighted by molar-refractivity contribution is 7.17. The number of H-pyrrole nitrogens is 1. The Morgan fingerprint density at radius 3 is 2.96 bits per heavy atom. The van der Waals surface area contributed by atoms with Crippen LogP contribution in [-0.4, -0.2) is 42.5 Å². The van der Waals surface area contributed by atoms with Gasteiger partial charge in [-0.1, -0.05) is 12.1 Å². The van der Waals surface area contributed by atoms with Gasteiger partial charge in [-0.15, -0.1) is 11.3 Å². The smallest absolute Gasteiger partial charge is 0.222 e. The van der Waals surface area contributed by atoms with Crippen LogP contribution in [-0.2, 0) is 4.74 Å². The van der Waals surface area contributed by atoms with Crippen molar-refractivity contribution >= 4 is 39.5 Å². The standard InChI is InChI=1S/C16H17N5OS/c1-2-4-14-13(3-1)18-16(19-14)20-17-11-12-5-6-15(23-12)21-7-9-22-10-8-21/h1-6,11H,7-10H2,(H2,18,19,20)/b17-11+. The molecule has 1 aromatic carbocycles. The van der Waals surface area contributed by atoms with Crippen LogP contribution in [0.25, 0.3) is 11.0 Å². The minimum atomic E-state index is 0.646. The number of nitrogens with one attached hydrogen (secondary N) is 2. The van der Waals surface area contributed by atoms with Crippen molar-refractivity contribution in [3.63, 3.8) is 0 Å². The molecule has 0 atom stereocenters. The highest BCUT2D eigenvalue weighted by atomic mass is 32.1. The van der Waals surface area contributed by atoms with E-state index >= 15 is 0 Å². The number of hydrogen-bond donors (Lipinski definition) is 2. The molecule has 6 nitrogen and oxygen atoms in total.